The van der Waals surface area contributed by atoms with Gasteiger partial charge in [0.25, 0.3) is 0 Å². The second-order valence-corrected chi connectivity index (χ2v) is 9.10. The third-order valence-electron chi connectivity index (χ3n) is 4.61. The van der Waals surface area contributed by atoms with E-state index in [-0.39, 0.29) is 30.3 Å². The van der Waals surface area contributed by atoms with Crippen LogP contribution in [0.15, 0.2) is 42.5 Å². The lowest BCUT2D eigenvalue weighted by molar-refractivity contribution is -0.140. The molecule has 0 aliphatic heterocycles. The Hall–Kier alpha value is -2.04. The number of benzene rings is 2. The van der Waals surface area contributed by atoms with Crippen molar-refractivity contribution in [3.63, 3.8) is 0 Å². The van der Waals surface area contributed by atoms with Gasteiger partial charge in [-0.05, 0) is 63.4 Å². The van der Waals surface area contributed by atoms with Crippen molar-refractivity contribution < 1.29 is 9.59 Å². The summed E-state index contributed by atoms with van der Waals surface area (Å²) in [7, 11) is 0. The summed E-state index contributed by atoms with van der Waals surface area (Å²) in [5.41, 5.74) is 2.41. The van der Waals surface area contributed by atoms with Gasteiger partial charge >= 0.3 is 0 Å². The van der Waals surface area contributed by atoms with E-state index in [4.69, 9.17) is 23.2 Å². The predicted octanol–water partition coefficient (Wildman–Crippen LogP) is 5.18. The molecule has 4 nitrogen and oxygen atoms in total. The van der Waals surface area contributed by atoms with Crippen molar-refractivity contribution in [1.82, 2.24) is 10.2 Å². The molecule has 2 aromatic rings. The van der Waals surface area contributed by atoms with Crippen LogP contribution in [0.2, 0.25) is 10.0 Å². The summed E-state index contributed by atoms with van der Waals surface area (Å²) in [4.78, 5) is 27.6. The van der Waals surface area contributed by atoms with Gasteiger partial charge in [-0.1, -0.05) is 53.5 Å². The molecule has 0 aliphatic carbocycles. The highest BCUT2D eigenvalue weighted by atomic mass is 35.5. The van der Waals surface area contributed by atoms with Crippen LogP contribution in [0.4, 0.5) is 0 Å². The van der Waals surface area contributed by atoms with E-state index in [1.807, 2.05) is 58.0 Å². The molecule has 6 heteroatoms. The smallest absolute Gasteiger partial charge is 0.242 e. The lowest BCUT2D eigenvalue weighted by atomic mass is 10.0. The molecule has 29 heavy (non-hydrogen) atoms. The van der Waals surface area contributed by atoms with Crippen LogP contribution in [0.5, 0.6) is 0 Å². The highest BCUT2D eigenvalue weighted by Crippen LogP contribution is 2.24. The summed E-state index contributed by atoms with van der Waals surface area (Å²) in [5, 5.41) is 3.83. The minimum absolute atomic E-state index is 0.123. The number of hydrogen-bond donors (Lipinski definition) is 1. The van der Waals surface area contributed by atoms with Gasteiger partial charge < -0.3 is 10.2 Å². The third-order valence-corrected chi connectivity index (χ3v) is 5.34. The summed E-state index contributed by atoms with van der Waals surface area (Å²) >= 11 is 12.2. The molecule has 1 unspecified atom stereocenters. The molecule has 1 N–H and O–H groups in total. The Morgan fingerprint density at radius 1 is 1.07 bits per heavy atom. The lowest BCUT2D eigenvalue weighted by Crippen LogP contribution is -2.52. The van der Waals surface area contributed by atoms with Crippen LogP contribution in [0.3, 0.4) is 0 Å². The minimum Gasteiger partial charge on any atom is -0.350 e. The maximum Gasteiger partial charge on any atom is 0.242 e. The number of nitrogens with zero attached hydrogens (tertiary/aromatic N) is 1. The van der Waals surface area contributed by atoms with Crippen LogP contribution in [-0.2, 0) is 22.6 Å². The molecule has 0 heterocycles. The zero-order valence-corrected chi connectivity index (χ0v) is 19.1. The van der Waals surface area contributed by atoms with Crippen molar-refractivity contribution in [3.8, 4) is 0 Å². The molecule has 0 aromatic heterocycles. The summed E-state index contributed by atoms with van der Waals surface area (Å²) in [6, 6.07) is 12.4. The largest absolute Gasteiger partial charge is 0.350 e. The van der Waals surface area contributed by atoms with E-state index < -0.39 is 6.04 Å². The number of rotatable bonds is 6. The van der Waals surface area contributed by atoms with Crippen molar-refractivity contribution in [3.05, 3.63) is 69.2 Å². The quantitative estimate of drug-likeness (QED) is 0.680. The first-order chi connectivity index (χ1) is 13.5. The van der Waals surface area contributed by atoms with E-state index in [2.05, 4.69) is 5.32 Å². The van der Waals surface area contributed by atoms with E-state index >= 15 is 0 Å². The normalized spacial score (nSPS) is 12.4. The number of nitrogens with one attached hydrogen (secondary N) is 1. The first-order valence-electron chi connectivity index (χ1n) is 9.58. The topological polar surface area (TPSA) is 49.4 Å². The van der Waals surface area contributed by atoms with Crippen LogP contribution >= 0.6 is 23.2 Å². The van der Waals surface area contributed by atoms with Gasteiger partial charge in [0, 0.05) is 12.1 Å². The van der Waals surface area contributed by atoms with E-state index in [0.717, 1.165) is 16.7 Å². The fourth-order valence-electron chi connectivity index (χ4n) is 2.96. The van der Waals surface area contributed by atoms with Gasteiger partial charge in [0.2, 0.25) is 11.8 Å². The molecule has 0 saturated heterocycles. The van der Waals surface area contributed by atoms with Gasteiger partial charge in [-0.15, -0.1) is 0 Å². The van der Waals surface area contributed by atoms with Crippen LogP contribution in [0.1, 0.15) is 44.4 Å². The monoisotopic (exact) mass is 434 g/mol. The molecule has 1 atom stereocenters. The number of aryl methyl sites for hydroxylation is 1. The summed E-state index contributed by atoms with van der Waals surface area (Å²) in [6.07, 6.45) is 0.223. The average molecular weight is 435 g/mol. The molecule has 0 aliphatic rings. The van der Waals surface area contributed by atoms with Gasteiger partial charge in [0.15, 0.2) is 0 Å². The maximum absolute atomic E-state index is 13.2. The molecular formula is C23H28Cl2N2O2. The van der Waals surface area contributed by atoms with Crippen LogP contribution in [0, 0.1) is 6.92 Å². The first-order valence-corrected chi connectivity index (χ1v) is 10.3. The van der Waals surface area contributed by atoms with Gasteiger partial charge in [0.1, 0.15) is 6.04 Å². The highest BCUT2D eigenvalue weighted by Gasteiger charge is 2.28. The fourth-order valence-corrected chi connectivity index (χ4v) is 3.28. The average Bonchev–Trinajstić information content (AvgIpc) is 2.62. The van der Waals surface area contributed by atoms with Crippen molar-refractivity contribution >= 4 is 35.0 Å². The van der Waals surface area contributed by atoms with E-state index in [0.29, 0.717) is 10.0 Å². The van der Waals surface area contributed by atoms with Gasteiger partial charge in [-0.2, -0.15) is 0 Å². The third kappa shape index (κ3) is 6.76. The molecule has 0 saturated carbocycles. The minimum atomic E-state index is -0.639. The summed E-state index contributed by atoms with van der Waals surface area (Å²) in [5.74, 6) is -0.322. The van der Waals surface area contributed by atoms with Crippen molar-refractivity contribution in [1.29, 1.82) is 0 Å². The molecule has 0 bridgehead atoms. The SMILES string of the molecule is Cc1ccccc1CC(=O)N(Cc1ccc(Cl)c(Cl)c1)C(C)C(=O)NC(C)(C)C. The zero-order chi connectivity index (χ0) is 21.8. The van der Waals surface area contributed by atoms with Gasteiger partial charge in [-0.3, -0.25) is 9.59 Å². The fraction of sp³-hybridized carbons (Fsp3) is 0.391. The molecule has 2 aromatic carbocycles. The standard InChI is InChI=1S/C23H28Cl2N2O2/c1-15-8-6-7-9-18(15)13-21(28)27(16(2)22(29)26-23(3,4)5)14-17-10-11-19(24)20(25)12-17/h6-12,16H,13-14H2,1-5H3,(H,26,29). The molecule has 0 radical (unpaired) electrons. The number of carbonyl (C=O) groups is 2. The molecule has 2 rings (SSSR count). The number of hydrogen-bond acceptors (Lipinski definition) is 2. The molecule has 2 amide bonds. The number of carbonyl (C=O) groups excluding carboxylic acids is 2. The lowest BCUT2D eigenvalue weighted by Gasteiger charge is -2.31. The summed E-state index contributed by atoms with van der Waals surface area (Å²) < 4.78 is 0. The molecule has 0 fully saturated rings. The number of amides is 2. The van der Waals surface area contributed by atoms with E-state index in [1.165, 1.54) is 0 Å². The van der Waals surface area contributed by atoms with Crippen molar-refractivity contribution in [2.45, 2.75) is 59.2 Å². The van der Waals surface area contributed by atoms with Crippen LogP contribution < -0.4 is 5.32 Å². The predicted molar refractivity (Wildman–Crippen MR) is 119 cm³/mol. The van der Waals surface area contributed by atoms with E-state index in [9.17, 15) is 9.59 Å². The van der Waals surface area contributed by atoms with Crippen LogP contribution in [-0.4, -0.2) is 28.3 Å². The van der Waals surface area contributed by atoms with Gasteiger partial charge in [-0.25, -0.2) is 0 Å². The summed E-state index contributed by atoms with van der Waals surface area (Å²) in [6.45, 7) is 9.72. The van der Waals surface area contributed by atoms with Gasteiger partial charge in [0.05, 0.1) is 16.5 Å². The zero-order valence-electron chi connectivity index (χ0n) is 17.6. The molecule has 0 spiro atoms. The van der Waals surface area contributed by atoms with Crippen molar-refractivity contribution in [2.75, 3.05) is 0 Å². The number of halogens is 2. The molecular weight excluding hydrogens is 407 g/mol. The molecule has 156 valence electrons. The Morgan fingerprint density at radius 3 is 2.31 bits per heavy atom. The second-order valence-electron chi connectivity index (χ2n) is 8.29. The van der Waals surface area contributed by atoms with E-state index in [1.54, 1.807) is 24.0 Å². The Kier molecular flexibility index (Phi) is 7.73. The highest BCUT2D eigenvalue weighted by molar-refractivity contribution is 6.42. The Morgan fingerprint density at radius 2 is 1.72 bits per heavy atom. The Labute approximate surface area is 183 Å². The maximum atomic E-state index is 13.2. The second kappa shape index (κ2) is 9.64. The first kappa shape index (κ1) is 23.2. The Balaban J connectivity index is 2.30. The van der Waals surface area contributed by atoms with Crippen LogP contribution in [0.25, 0.3) is 0 Å². The van der Waals surface area contributed by atoms with Crippen molar-refractivity contribution in [2.24, 2.45) is 0 Å². The Bertz CT molecular complexity index is 891.